The Labute approximate surface area is 159 Å². The number of thiazole rings is 1. The summed E-state index contributed by atoms with van der Waals surface area (Å²) in [6.07, 6.45) is 0. The number of aromatic nitrogens is 1. The van der Waals surface area contributed by atoms with Gasteiger partial charge in [-0.05, 0) is 38.5 Å². The molecule has 1 N–H and O–H groups in total. The molecule has 8 heteroatoms. The van der Waals surface area contributed by atoms with E-state index in [-0.39, 0.29) is 16.8 Å². The molecule has 2 aromatic rings. The van der Waals surface area contributed by atoms with E-state index in [9.17, 15) is 13.2 Å². The zero-order valence-corrected chi connectivity index (χ0v) is 17.4. The molecule has 1 atom stereocenters. The first-order valence-corrected chi connectivity index (χ1v) is 10.8. The largest absolute Gasteiger partial charge is 0.345 e. The van der Waals surface area contributed by atoms with Gasteiger partial charge in [0.25, 0.3) is 5.91 Å². The van der Waals surface area contributed by atoms with E-state index in [0.29, 0.717) is 18.0 Å². The summed E-state index contributed by atoms with van der Waals surface area (Å²) in [5.74, 6) is -0.166. The molecule has 0 bridgehead atoms. The molecule has 1 amide bonds. The fourth-order valence-corrected chi connectivity index (χ4v) is 5.01. The van der Waals surface area contributed by atoms with Gasteiger partial charge in [0, 0.05) is 13.1 Å². The number of sulfonamides is 1. The van der Waals surface area contributed by atoms with Crippen LogP contribution in [0.15, 0.2) is 29.2 Å². The predicted octanol–water partition coefficient (Wildman–Crippen LogP) is 3.28. The Kier molecular flexibility index (Phi) is 6.54. The fraction of sp³-hybridized carbons (Fsp3) is 0.444. The van der Waals surface area contributed by atoms with Crippen LogP contribution in [0.1, 0.15) is 52.7 Å². The number of nitrogens with one attached hydrogen (secondary N) is 1. The second kappa shape index (κ2) is 8.28. The third-order valence-electron chi connectivity index (χ3n) is 4.18. The monoisotopic (exact) mass is 395 g/mol. The van der Waals surface area contributed by atoms with Gasteiger partial charge in [0.1, 0.15) is 4.88 Å². The summed E-state index contributed by atoms with van der Waals surface area (Å²) in [4.78, 5) is 17.6. The summed E-state index contributed by atoms with van der Waals surface area (Å²) in [5, 5.41) is 3.79. The van der Waals surface area contributed by atoms with Crippen LogP contribution in [0.5, 0.6) is 0 Å². The molecule has 1 aromatic carbocycles. The lowest BCUT2D eigenvalue weighted by Crippen LogP contribution is -2.30. The third-order valence-corrected chi connectivity index (χ3v) is 7.32. The average Bonchev–Trinajstić information content (AvgIpc) is 2.94. The number of carbonyl (C=O) groups excluding carboxylic acids is 1. The van der Waals surface area contributed by atoms with Crippen molar-refractivity contribution in [3.8, 4) is 0 Å². The highest BCUT2D eigenvalue weighted by atomic mass is 32.2. The SMILES string of the molecule is CCN(CC)S(=O)(=O)c1ccc(C(C)NC(=O)c2sc(C)nc2C)cc1. The highest BCUT2D eigenvalue weighted by molar-refractivity contribution is 7.89. The molecular formula is C18H25N3O3S2. The van der Waals surface area contributed by atoms with Crippen molar-refractivity contribution in [2.75, 3.05) is 13.1 Å². The van der Waals surface area contributed by atoms with E-state index in [4.69, 9.17) is 0 Å². The molecule has 1 unspecified atom stereocenters. The smallest absolute Gasteiger partial charge is 0.263 e. The van der Waals surface area contributed by atoms with Gasteiger partial charge in [0.15, 0.2) is 0 Å². The lowest BCUT2D eigenvalue weighted by Gasteiger charge is -2.19. The van der Waals surface area contributed by atoms with E-state index in [1.54, 1.807) is 24.3 Å². The lowest BCUT2D eigenvalue weighted by molar-refractivity contribution is 0.0943. The second-order valence-electron chi connectivity index (χ2n) is 6.00. The van der Waals surface area contributed by atoms with Crippen LogP contribution in [-0.4, -0.2) is 36.7 Å². The minimum Gasteiger partial charge on any atom is -0.345 e. The minimum absolute atomic E-state index is 0.166. The van der Waals surface area contributed by atoms with Gasteiger partial charge in [-0.3, -0.25) is 4.79 Å². The van der Waals surface area contributed by atoms with Crippen molar-refractivity contribution < 1.29 is 13.2 Å². The molecule has 1 heterocycles. The van der Waals surface area contributed by atoms with Gasteiger partial charge in [-0.25, -0.2) is 13.4 Å². The van der Waals surface area contributed by atoms with Crippen molar-refractivity contribution in [2.45, 2.75) is 45.6 Å². The van der Waals surface area contributed by atoms with Crippen molar-refractivity contribution in [2.24, 2.45) is 0 Å². The summed E-state index contributed by atoms with van der Waals surface area (Å²) in [7, 11) is -3.47. The van der Waals surface area contributed by atoms with Crippen molar-refractivity contribution in [1.29, 1.82) is 0 Å². The maximum absolute atomic E-state index is 12.5. The molecule has 0 spiro atoms. The van der Waals surface area contributed by atoms with Gasteiger partial charge < -0.3 is 5.32 Å². The summed E-state index contributed by atoms with van der Waals surface area (Å²) in [6, 6.07) is 6.43. The molecule has 0 radical (unpaired) electrons. The Morgan fingerprint density at radius 3 is 2.23 bits per heavy atom. The van der Waals surface area contributed by atoms with Crippen LogP contribution in [0.4, 0.5) is 0 Å². The molecule has 142 valence electrons. The van der Waals surface area contributed by atoms with Crippen molar-refractivity contribution in [3.05, 3.63) is 45.4 Å². The first-order valence-electron chi connectivity index (χ1n) is 8.55. The maximum atomic E-state index is 12.5. The molecule has 0 saturated carbocycles. The van der Waals surface area contributed by atoms with E-state index in [0.717, 1.165) is 16.3 Å². The van der Waals surface area contributed by atoms with Gasteiger partial charge in [-0.2, -0.15) is 4.31 Å². The normalized spacial score (nSPS) is 13.0. The Bertz CT molecular complexity index is 870. The fourth-order valence-electron chi connectivity index (χ4n) is 2.73. The zero-order chi connectivity index (χ0) is 19.5. The Hall–Kier alpha value is -1.77. The second-order valence-corrected chi connectivity index (χ2v) is 9.14. The quantitative estimate of drug-likeness (QED) is 0.780. The van der Waals surface area contributed by atoms with Crippen LogP contribution >= 0.6 is 11.3 Å². The van der Waals surface area contributed by atoms with E-state index < -0.39 is 10.0 Å². The van der Waals surface area contributed by atoms with Crippen molar-refractivity contribution in [3.63, 3.8) is 0 Å². The molecule has 26 heavy (non-hydrogen) atoms. The predicted molar refractivity (Wildman–Crippen MR) is 104 cm³/mol. The molecule has 1 aromatic heterocycles. The Balaban J connectivity index is 2.15. The average molecular weight is 396 g/mol. The van der Waals surface area contributed by atoms with E-state index in [2.05, 4.69) is 10.3 Å². The van der Waals surface area contributed by atoms with Gasteiger partial charge >= 0.3 is 0 Å². The van der Waals surface area contributed by atoms with Gasteiger partial charge in [-0.1, -0.05) is 26.0 Å². The number of rotatable bonds is 7. The highest BCUT2D eigenvalue weighted by Crippen LogP contribution is 2.21. The van der Waals surface area contributed by atoms with E-state index >= 15 is 0 Å². The van der Waals surface area contributed by atoms with Crippen LogP contribution in [0.2, 0.25) is 0 Å². The molecular weight excluding hydrogens is 370 g/mol. The van der Waals surface area contributed by atoms with Crippen LogP contribution in [0, 0.1) is 13.8 Å². The zero-order valence-electron chi connectivity index (χ0n) is 15.7. The molecule has 0 aliphatic heterocycles. The summed E-state index contributed by atoms with van der Waals surface area (Å²) >= 11 is 1.37. The first kappa shape index (κ1) is 20.5. The summed E-state index contributed by atoms with van der Waals surface area (Å²) in [5.41, 5.74) is 1.56. The van der Waals surface area contributed by atoms with E-state index in [1.807, 2.05) is 34.6 Å². The topological polar surface area (TPSA) is 79.4 Å². The number of nitrogens with zero attached hydrogens (tertiary/aromatic N) is 2. The van der Waals surface area contributed by atoms with Crippen LogP contribution in [0.25, 0.3) is 0 Å². The Morgan fingerprint density at radius 1 is 1.19 bits per heavy atom. The van der Waals surface area contributed by atoms with Crippen LogP contribution in [-0.2, 0) is 10.0 Å². The molecule has 0 aliphatic carbocycles. The van der Waals surface area contributed by atoms with Crippen molar-refractivity contribution in [1.82, 2.24) is 14.6 Å². The molecule has 6 nitrogen and oxygen atoms in total. The van der Waals surface area contributed by atoms with Gasteiger partial charge in [0.2, 0.25) is 10.0 Å². The number of amides is 1. The van der Waals surface area contributed by atoms with Crippen LogP contribution in [0.3, 0.4) is 0 Å². The van der Waals surface area contributed by atoms with Gasteiger partial charge in [0.05, 0.1) is 21.6 Å². The number of carbonyl (C=O) groups is 1. The molecule has 0 saturated heterocycles. The number of aryl methyl sites for hydroxylation is 2. The summed E-state index contributed by atoms with van der Waals surface area (Å²) < 4.78 is 26.5. The lowest BCUT2D eigenvalue weighted by atomic mass is 10.1. The van der Waals surface area contributed by atoms with Crippen LogP contribution < -0.4 is 5.32 Å². The molecule has 2 rings (SSSR count). The number of hydrogen-bond acceptors (Lipinski definition) is 5. The molecule has 0 aliphatic rings. The molecule has 0 fully saturated rings. The number of benzene rings is 1. The number of hydrogen-bond donors (Lipinski definition) is 1. The maximum Gasteiger partial charge on any atom is 0.263 e. The minimum atomic E-state index is -3.47. The first-order chi connectivity index (χ1) is 12.2. The van der Waals surface area contributed by atoms with Gasteiger partial charge in [-0.15, -0.1) is 11.3 Å². The van der Waals surface area contributed by atoms with Crippen molar-refractivity contribution >= 4 is 27.3 Å². The summed E-state index contributed by atoms with van der Waals surface area (Å²) in [6.45, 7) is 10.0. The standard InChI is InChI=1S/C18H25N3O3S2/c1-6-21(7-2)26(23,24)16-10-8-15(9-11-16)12(3)20-18(22)17-13(4)19-14(5)25-17/h8-12H,6-7H2,1-5H3,(H,20,22). The highest BCUT2D eigenvalue weighted by Gasteiger charge is 2.22. The third kappa shape index (κ3) is 4.31. The Morgan fingerprint density at radius 2 is 1.77 bits per heavy atom. The van der Waals surface area contributed by atoms with E-state index in [1.165, 1.54) is 15.6 Å².